The molecule has 1 rings (SSSR count). The molecule has 0 aliphatic rings. The smallest absolute Gasteiger partial charge is 0.0586 e. The molecular weight excluding hydrogens is 148 g/mol. The molecule has 12 heavy (non-hydrogen) atoms. The SMILES string of the molecule is [CH2]CCCCc1cnc(C)cn1. The molecule has 0 aromatic carbocycles. The monoisotopic (exact) mass is 163 g/mol. The van der Waals surface area contributed by atoms with Crippen LogP contribution in [0.2, 0.25) is 0 Å². The van der Waals surface area contributed by atoms with E-state index in [1.54, 1.807) is 0 Å². The average Bonchev–Trinajstić information content (AvgIpc) is 2.09. The summed E-state index contributed by atoms with van der Waals surface area (Å²) in [6, 6.07) is 0. The number of unbranched alkanes of at least 4 members (excludes halogenated alkanes) is 2. The fourth-order valence-electron chi connectivity index (χ4n) is 1.03. The third kappa shape index (κ3) is 2.99. The number of rotatable bonds is 4. The van der Waals surface area contributed by atoms with Crippen LogP contribution in [0.5, 0.6) is 0 Å². The molecule has 1 heterocycles. The van der Waals surface area contributed by atoms with Gasteiger partial charge in [-0.25, -0.2) is 0 Å². The van der Waals surface area contributed by atoms with E-state index in [1.165, 1.54) is 12.8 Å². The highest BCUT2D eigenvalue weighted by Crippen LogP contribution is 2.02. The van der Waals surface area contributed by atoms with Gasteiger partial charge in [0, 0.05) is 12.4 Å². The van der Waals surface area contributed by atoms with Gasteiger partial charge in [0.2, 0.25) is 0 Å². The van der Waals surface area contributed by atoms with E-state index in [0.717, 1.165) is 24.2 Å². The number of hydrogen-bond donors (Lipinski definition) is 0. The van der Waals surface area contributed by atoms with Gasteiger partial charge in [0.05, 0.1) is 11.4 Å². The summed E-state index contributed by atoms with van der Waals surface area (Å²) in [5.41, 5.74) is 2.07. The summed E-state index contributed by atoms with van der Waals surface area (Å²) in [5.74, 6) is 0. The predicted octanol–water partition coefficient (Wildman–Crippen LogP) is 2.33. The Kier molecular flexibility index (Phi) is 3.71. The Morgan fingerprint density at radius 3 is 2.67 bits per heavy atom. The van der Waals surface area contributed by atoms with Crippen LogP contribution in [0.3, 0.4) is 0 Å². The minimum atomic E-state index is 0.982. The van der Waals surface area contributed by atoms with Crippen LogP contribution < -0.4 is 0 Å². The van der Waals surface area contributed by atoms with Crippen LogP contribution >= 0.6 is 0 Å². The lowest BCUT2D eigenvalue weighted by Gasteiger charge is -1.98. The summed E-state index contributed by atoms with van der Waals surface area (Å²) < 4.78 is 0. The Morgan fingerprint density at radius 2 is 2.08 bits per heavy atom. The Balaban J connectivity index is 2.37. The van der Waals surface area contributed by atoms with Crippen LogP contribution in [0.15, 0.2) is 12.4 Å². The highest BCUT2D eigenvalue weighted by atomic mass is 14.8. The molecule has 0 spiro atoms. The largest absolute Gasteiger partial charge is 0.258 e. The van der Waals surface area contributed by atoms with E-state index < -0.39 is 0 Å². The molecule has 1 radical (unpaired) electrons. The third-order valence-corrected chi connectivity index (χ3v) is 1.77. The fraction of sp³-hybridized carbons (Fsp3) is 0.500. The van der Waals surface area contributed by atoms with Crippen LogP contribution in [0.4, 0.5) is 0 Å². The first-order valence-electron chi connectivity index (χ1n) is 4.39. The summed E-state index contributed by atoms with van der Waals surface area (Å²) in [5, 5.41) is 0. The zero-order valence-corrected chi connectivity index (χ0v) is 7.58. The number of aryl methyl sites for hydroxylation is 2. The lowest BCUT2D eigenvalue weighted by atomic mass is 10.2. The molecular formula is C10H15N2. The number of nitrogens with zero attached hydrogens (tertiary/aromatic N) is 2. The highest BCUT2D eigenvalue weighted by molar-refractivity contribution is 5.00. The van der Waals surface area contributed by atoms with Gasteiger partial charge in [-0.05, 0) is 19.8 Å². The Morgan fingerprint density at radius 1 is 1.25 bits per heavy atom. The van der Waals surface area contributed by atoms with Gasteiger partial charge in [0.1, 0.15) is 0 Å². The van der Waals surface area contributed by atoms with Crippen molar-refractivity contribution in [3.8, 4) is 0 Å². The maximum atomic E-state index is 4.27. The molecule has 0 atom stereocenters. The van der Waals surface area contributed by atoms with Crippen molar-refractivity contribution >= 4 is 0 Å². The molecule has 2 heteroatoms. The molecule has 0 bridgehead atoms. The maximum absolute atomic E-state index is 4.27. The first kappa shape index (κ1) is 9.17. The summed E-state index contributed by atoms with van der Waals surface area (Å²) in [6.45, 7) is 5.75. The second-order valence-electron chi connectivity index (χ2n) is 2.96. The van der Waals surface area contributed by atoms with Gasteiger partial charge in [-0.3, -0.25) is 9.97 Å². The molecule has 0 aliphatic heterocycles. The van der Waals surface area contributed by atoms with E-state index >= 15 is 0 Å². The zero-order valence-electron chi connectivity index (χ0n) is 7.58. The van der Waals surface area contributed by atoms with E-state index in [-0.39, 0.29) is 0 Å². The number of hydrogen-bond acceptors (Lipinski definition) is 2. The second-order valence-corrected chi connectivity index (χ2v) is 2.96. The fourth-order valence-corrected chi connectivity index (χ4v) is 1.03. The molecule has 0 saturated carbocycles. The van der Waals surface area contributed by atoms with Crippen molar-refractivity contribution in [2.75, 3.05) is 0 Å². The van der Waals surface area contributed by atoms with Crippen LogP contribution in [0.1, 0.15) is 30.7 Å². The molecule has 0 saturated heterocycles. The van der Waals surface area contributed by atoms with Crippen LogP contribution in [-0.4, -0.2) is 9.97 Å². The summed E-state index contributed by atoms with van der Waals surface area (Å²) in [7, 11) is 0. The van der Waals surface area contributed by atoms with Gasteiger partial charge in [-0.1, -0.05) is 19.8 Å². The molecule has 0 unspecified atom stereocenters. The molecule has 65 valence electrons. The lowest BCUT2D eigenvalue weighted by molar-refractivity contribution is 0.729. The van der Waals surface area contributed by atoms with Gasteiger partial charge in [0.25, 0.3) is 0 Å². The summed E-state index contributed by atoms with van der Waals surface area (Å²) >= 11 is 0. The van der Waals surface area contributed by atoms with Gasteiger partial charge >= 0.3 is 0 Å². The summed E-state index contributed by atoms with van der Waals surface area (Å²) in [6.07, 6.45) is 8.07. The van der Waals surface area contributed by atoms with E-state index in [4.69, 9.17) is 0 Å². The maximum Gasteiger partial charge on any atom is 0.0586 e. The van der Waals surface area contributed by atoms with Crippen molar-refractivity contribution in [3.05, 3.63) is 30.7 Å². The van der Waals surface area contributed by atoms with E-state index in [9.17, 15) is 0 Å². The van der Waals surface area contributed by atoms with Crippen LogP contribution in [-0.2, 0) is 6.42 Å². The van der Waals surface area contributed by atoms with Gasteiger partial charge < -0.3 is 0 Å². The van der Waals surface area contributed by atoms with E-state index in [0.29, 0.717) is 0 Å². The highest BCUT2D eigenvalue weighted by Gasteiger charge is 1.93. The summed E-state index contributed by atoms with van der Waals surface area (Å²) in [4.78, 5) is 8.45. The topological polar surface area (TPSA) is 25.8 Å². The van der Waals surface area contributed by atoms with Gasteiger partial charge in [-0.2, -0.15) is 0 Å². The van der Waals surface area contributed by atoms with Crippen molar-refractivity contribution in [3.63, 3.8) is 0 Å². The number of aromatic nitrogens is 2. The average molecular weight is 163 g/mol. The van der Waals surface area contributed by atoms with Gasteiger partial charge in [-0.15, -0.1) is 0 Å². The van der Waals surface area contributed by atoms with E-state index in [2.05, 4.69) is 16.9 Å². The zero-order chi connectivity index (χ0) is 8.81. The Hall–Kier alpha value is -0.920. The minimum Gasteiger partial charge on any atom is -0.258 e. The van der Waals surface area contributed by atoms with Crippen molar-refractivity contribution in [2.45, 2.75) is 32.6 Å². The van der Waals surface area contributed by atoms with Crippen molar-refractivity contribution in [1.29, 1.82) is 0 Å². The molecule has 0 aliphatic carbocycles. The van der Waals surface area contributed by atoms with E-state index in [1.807, 2.05) is 19.3 Å². The van der Waals surface area contributed by atoms with Crippen molar-refractivity contribution in [1.82, 2.24) is 9.97 Å². The molecule has 2 nitrogen and oxygen atoms in total. The normalized spacial score (nSPS) is 10.2. The standard InChI is InChI=1S/C10H15N2/c1-3-4-5-6-10-8-11-9(2)7-12-10/h7-8H,1,3-6H2,2H3. The lowest BCUT2D eigenvalue weighted by Crippen LogP contribution is -1.92. The van der Waals surface area contributed by atoms with Crippen LogP contribution in [0, 0.1) is 13.8 Å². The van der Waals surface area contributed by atoms with Crippen molar-refractivity contribution < 1.29 is 0 Å². The predicted molar refractivity (Wildman–Crippen MR) is 49.7 cm³/mol. The first-order chi connectivity index (χ1) is 5.83. The quantitative estimate of drug-likeness (QED) is 0.637. The Bertz CT molecular complexity index is 216. The van der Waals surface area contributed by atoms with Gasteiger partial charge in [0.15, 0.2) is 0 Å². The first-order valence-corrected chi connectivity index (χ1v) is 4.39. The molecule has 0 fully saturated rings. The molecule has 1 aromatic heterocycles. The van der Waals surface area contributed by atoms with Crippen LogP contribution in [0.25, 0.3) is 0 Å². The minimum absolute atomic E-state index is 0.982. The second kappa shape index (κ2) is 4.86. The Labute approximate surface area is 74.1 Å². The third-order valence-electron chi connectivity index (χ3n) is 1.77. The molecule has 0 amide bonds. The van der Waals surface area contributed by atoms with Crippen molar-refractivity contribution in [2.24, 2.45) is 0 Å². The molecule has 0 N–H and O–H groups in total. The molecule has 1 aromatic rings.